The number of aromatic amines is 1. The number of fused-ring (bicyclic) bond motifs is 1. The molecule has 3 rings (SSSR count). The van der Waals surface area contributed by atoms with Crippen molar-refractivity contribution in [1.29, 1.82) is 0 Å². The fraction of sp³-hybridized carbons (Fsp3) is 0.235. The highest BCUT2D eigenvalue weighted by molar-refractivity contribution is 5.98. The Morgan fingerprint density at radius 1 is 1.32 bits per heavy atom. The van der Waals surface area contributed by atoms with Gasteiger partial charge in [0.2, 0.25) is 0 Å². The standard InChI is InChI=1S/C17H18N2O3/c1-11-7-8-15(22-11)17(2,21)10-18-16(20)14-9-12-5-3-4-6-13(12)19-14/h3-9,19,21H,10H2,1-2H3,(H,18,20)/t17-/m0/s1. The number of carbonyl (C=O) groups is 1. The van der Waals surface area contributed by atoms with Gasteiger partial charge in [-0.1, -0.05) is 18.2 Å². The number of furan rings is 1. The molecule has 1 aromatic carbocycles. The van der Waals surface area contributed by atoms with Crippen LogP contribution in [-0.2, 0) is 5.60 Å². The summed E-state index contributed by atoms with van der Waals surface area (Å²) in [5.74, 6) is 0.888. The van der Waals surface area contributed by atoms with E-state index in [0.717, 1.165) is 16.7 Å². The predicted molar refractivity (Wildman–Crippen MR) is 83.6 cm³/mol. The van der Waals surface area contributed by atoms with E-state index < -0.39 is 5.60 Å². The third-order valence-electron chi connectivity index (χ3n) is 3.64. The zero-order valence-corrected chi connectivity index (χ0v) is 12.5. The molecule has 5 nitrogen and oxygen atoms in total. The minimum absolute atomic E-state index is 0.0636. The molecular formula is C17H18N2O3. The van der Waals surface area contributed by atoms with Gasteiger partial charge in [-0.15, -0.1) is 0 Å². The van der Waals surface area contributed by atoms with E-state index in [1.807, 2.05) is 31.2 Å². The summed E-state index contributed by atoms with van der Waals surface area (Å²) in [6, 6.07) is 13.0. The molecule has 0 aliphatic heterocycles. The Morgan fingerprint density at radius 2 is 2.09 bits per heavy atom. The molecule has 0 saturated heterocycles. The molecule has 0 radical (unpaired) electrons. The van der Waals surface area contributed by atoms with E-state index in [1.165, 1.54) is 0 Å². The van der Waals surface area contributed by atoms with Crippen LogP contribution in [0.2, 0.25) is 0 Å². The molecule has 5 heteroatoms. The third kappa shape index (κ3) is 2.76. The maximum absolute atomic E-state index is 12.2. The van der Waals surface area contributed by atoms with Gasteiger partial charge >= 0.3 is 0 Å². The summed E-state index contributed by atoms with van der Waals surface area (Å²) in [5, 5.41) is 14.1. The monoisotopic (exact) mass is 298 g/mol. The first-order chi connectivity index (χ1) is 10.5. The summed E-state index contributed by atoms with van der Waals surface area (Å²) in [6.45, 7) is 3.48. The van der Waals surface area contributed by atoms with Crippen LogP contribution >= 0.6 is 0 Å². The van der Waals surface area contributed by atoms with E-state index in [9.17, 15) is 9.90 Å². The summed E-state index contributed by atoms with van der Waals surface area (Å²) >= 11 is 0. The van der Waals surface area contributed by atoms with Gasteiger partial charge in [0.25, 0.3) is 5.91 Å². The van der Waals surface area contributed by atoms with Gasteiger partial charge < -0.3 is 19.8 Å². The molecule has 0 aliphatic rings. The van der Waals surface area contributed by atoms with Crippen LogP contribution in [0.1, 0.15) is 28.9 Å². The first kappa shape index (κ1) is 14.4. The second-order valence-electron chi connectivity index (χ2n) is 5.64. The van der Waals surface area contributed by atoms with Crippen molar-refractivity contribution in [2.24, 2.45) is 0 Å². The van der Waals surface area contributed by atoms with Crippen molar-refractivity contribution in [2.45, 2.75) is 19.4 Å². The summed E-state index contributed by atoms with van der Waals surface area (Å²) in [6.07, 6.45) is 0. The van der Waals surface area contributed by atoms with Gasteiger partial charge in [-0.3, -0.25) is 4.79 Å². The fourth-order valence-corrected chi connectivity index (χ4v) is 2.35. The average molecular weight is 298 g/mol. The number of aryl methyl sites for hydroxylation is 1. The normalized spacial score (nSPS) is 14.0. The number of carbonyl (C=O) groups excluding carboxylic acids is 1. The maximum Gasteiger partial charge on any atom is 0.267 e. The molecule has 0 unspecified atom stereocenters. The van der Waals surface area contributed by atoms with E-state index in [1.54, 1.807) is 25.1 Å². The zero-order chi connectivity index (χ0) is 15.7. The van der Waals surface area contributed by atoms with Crippen molar-refractivity contribution < 1.29 is 14.3 Å². The number of benzene rings is 1. The first-order valence-corrected chi connectivity index (χ1v) is 7.11. The SMILES string of the molecule is Cc1ccc([C@@](C)(O)CNC(=O)c2cc3ccccc3[nH]2)o1. The van der Waals surface area contributed by atoms with Crippen molar-refractivity contribution in [3.63, 3.8) is 0 Å². The van der Waals surface area contributed by atoms with Gasteiger partial charge in [0.05, 0.1) is 6.54 Å². The molecule has 0 fully saturated rings. The van der Waals surface area contributed by atoms with Gasteiger partial charge in [-0.25, -0.2) is 0 Å². The highest BCUT2D eigenvalue weighted by Crippen LogP contribution is 2.22. The van der Waals surface area contributed by atoms with Gasteiger partial charge in [-0.05, 0) is 38.1 Å². The molecule has 3 N–H and O–H groups in total. The Morgan fingerprint density at radius 3 is 2.77 bits per heavy atom. The number of nitrogens with one attached hydrogen (secondary N) is 2. The van der Waals surface area contributed by atoms with Crippen molar-refractivity contribution in [2.75, 3.05) is 6.54 Å². The Balaban J connectivity index is 1.71. The smallest absolute Gasteiger partial charge is 0.267 e. The highest BCUT2D eigenvalue weighted by atomic mass is 16.4. The van der Waals surface area contributed by atoms with E-state index >= 15 is 0 Å². The van der Waals surface area contributed by atoms with Gasteiger partial charge in [0.15, 0.2) is 0 Å². The van der Waals surface area contributed by atoms with Gasteiger partial charge in [-0.2, -0.15) is 0 Å². The van der Waals surface area contributed by atoms with Crippen LogP contribution in [0.25, 0.3) is 10.9 Å². The van der Waals surface area contributed by atoms with E-state index in [4.69, 9.17) is 4.42 Å². The lowest BCUT2D eigenvalue weighted by Crippen LogP contribution is -2.38. The highest BCUT2D eigenvalue weighted by Gasteiger charge is 2.27. The molecule has 22 heavy (non-hydrogen) atoms. The second kappa shape index (κ2) is 5.35. The Labute approximate surface area is 128 Å². The summed E-state index contributed by atoms with van der Waals surface area (Å²) in [7, 11) is 0. The number of para-hydroxylation sites is 1. The van der Waals surface area contributed by atoms with Crippen molar-refractivity contribution in [3.05, 3.63) is 59.7 Å². The second-order valence-corrected chi connectivity index (χ2v) is 5.64. The topological polar surface area (TPSA) is 78.3 Å². The van der Waals surface area contributed by atoms with E-state index in [-0.39, 0.29) is 12.5 Å². The van der Waals surface area contributed by atoms with Crippen molar-refractivity contribution in [3.8, 4) is 0 Å². The molecule has 0 aliphatic carbocycles. The average Bonchev–Trinajstić information content (AvgIpc) is 3.11. The van der Waals surface area contributed by atoms with Gasteiger partial charge in [0, 0.05) is 10.9 Å². The summed E-state index contributed by atoms with van der Waals surface area (Å²) in [5.41, 5.74) is 0.115. The molecule has 0 saturated carbocycles. The number of aliphatic hydroxyl groups is 1. The number of rotatable bonds is 4. The number of aromatic nitrogens is 1. The fourth-order valence-electron chi connectivity index (χ4n) is 2.35. The molecule has 1 amide bonds. The summed E-state index contributed by atoms with van der Waals surface area (Å²) in [4.78, 5) is 15.3. The molecule has 114 valence electrons. The van der Waals surface area contributed by atoms with Crippen LogP contribution in [0.3, 0.4) is 0 Å². The molecule has 0 spiro atoms. The lowest BCUT2D eigenvalue weighted by molar-refractivity contribution is 0.0323. The third-order valence-corrected chi connectivity index (χ3v) is 3.64. The number of H-pyrrole nitrogens is 1. The first-order valence-electron chi connectivity index (χ1n) is 7.11. The van der Waals surface area contributed by atoms with Crippen LogP contribution < -0.4 is 5.32 Å². The molecule has 0 bridgehead atoms. The lowest BCUT2D eigenvalue weighted by Gasteiger charge is -2.21. The Kier molecular flexibility index (Phi) is 3.50. The number of hydrogen-bond donors (Lipinski definition) is 3. The van der Waals surface area contributed by atoms with Crippen LogP contribution in [0.5, 0.6) is 0 Å². The molecular weight excluding hydrogens is 280 g/mol. The van der Waals surface area contributed by atoms with E-state index in [2.05, 4.69) is 10.3 Å². The minimum Gasteiger partial charge on any atom is -0.463 e. The van der Waals surface area contributed by atoms with Crippen LogP contribution in [-0.4, -0.2) is 22.5 Å². The number of hydrogen-bond acceptors (Lipinski definition) is 3. The summed E-state index contributed by atoms with van der Waals surface area (Å²) < 4.78 is 5.43. The van der Waals surface area contributed by atoms with Crippen LogP contribution in [0.15, 0.2) is 46.9 Å². The zero-order valence-electron chi connectivity index (χ0n) is 12.5. The largest absolute Gasteiger partial charge is 0.463 e. The Hall–Kier alpha value is -2.53. The predicted octanol–water partition coefficient (Wildman–Crippen LogP) is 2.71. The Bertz CT molecular complexity index is 781. The quantitative estimate of drug-likeness (QED) is 0.693. The van der Waals surface area contributed by atoms with Crippen LogP contribution in [0, 0.1) is 6.92 Å². The van der Waals surface area contributed by atoms with E-state index in [0.29, 0.717) is 11.5 Å². The molecule has 2 aromatic heterocycles. The number of amides is 1. The van der Waals surface area contributed by atoms with Gasteiger partial charge in [0.1, 0.15) is 22.8 Å². The maximum atomic E-state index is 12.2. The lowest BCUT2D eigenvalue weighted by atomic mass is 10.0. The van der Waals surface area contributed by atoms with Crippen molar-refractivity contribution >= 4 is 16.8 Å². The van der Waals surface area contributed by atoms with Crippen molar-refractivity contribution in [1.82, 2.24) is 10.3 Å². The molecule has 2 heterocycles. The van der Waals surface area contributed by atoms with Crippen LogP contribution in [0.4, 0.5) is 0 Å². The molecule has 1 atom stereocenters. The molecule has 3 aromatic rings. The minimum atomic E-state index is -1.25.